The molecule has 12 heteroatoms. The van der Waals surface area contributed by atoms with E-state index < -0.39 is 15.8 Å². The van der Waals surface area contributed by atoms with E-state index in [1.165, 1.54) is 4.68 Å². The van der Waals surface area contributed by atoms with Gasteiger partial charge < -0.3 is 0 Å². The third kappa shape index (κ3) is 3.55. The zero-order valence-corrected chi connectivity index (χ0v) is 15.4. The molecule has 28 heavy (non-hydrogen) atoms. The van der Waals surface area contributed by atoms with Gasteiger partial charge in [0.1, 0.15) is 5.82 Å². The van der Waals surface area contributed by atoms with Gasteiger partial charge in [0, 0.05) is 12.6 Å². The molecule has 3 aromatic rings. The van der Waals surface area contributed by atoms with Gasteiger partial charge in [-0.25, -0.2) is 22.2 Å². The molecule has 146 valence electrons. The van der Waals surface area contributed by atoms with Crippen molar-refractivity contribution in [3.63, 3.8) is 0 Å². The minimum Gasteiger partial charge on any atom is -0.268 e. The fourth-order valence-corrected chi connectivity index (χ4v) is 4.13. The molecule has 0 unspecified atom stereocenters. The monoisotopic (exact) mass is 405 g/mol. The van der Waals surface area contributed by atoms with Crippen LogP contribution in [0.5, 0.6) is 0 Å². The van der Waals surface area contributed by atoms with Gasteiger partial charge in [-0.3, -0.25) is 4.79 Å². The average Bonchev–Trinajstić information content (AvgIpc) is 3.33. The molecular weight excluding hydrogens is 389 g/mol. The zero-order chi connectivity index (χ0) is 19.7. The van der Waals surface area contributed by atoms with E-state index in [1.54, 1.807) is 6.07 Å². The lowest BCUT2D eigenvalue weighted by molar-refractivity contribution is 0.541. The molecule has 0 amide bonds. The first-order chi connectivity index (χ1) is 13.4. The van der Waals surface area contributed by atoms with Crippen molar-refractivity contribution in [3.8, 4) is 11.4 Å². The Balaban J connectivity index is 1.50. The Morgan fingerprint density at radius 1 is 1.25 bits per heavy atom. The Labute approximate surface area is 158 Å². The van der Waals surface area contributed by atoms with Gasteiger partial charge in [-0.1, -0.05) is 0 Å². The van der Waals surface area contributed by atoms with Crippen LogP contribution in [0, 0.1) is 5.82 Å². The van der Waals surface area contributed by atoms with Gasteiger partial charge in [0.2, 0.25) is 15.8 Å². The Morgan fingerprint density at radius 2 is 2.11 bits per heavy atom. The number of H-pyrrole nitrogens is 1. The number of aromatic nitrogens is 6. The van der Waals surface area contributed by atoms with E-state index in [0.29, 0.717) is 0 Å². The van der Waals surface area contributed by atoms with Crippen molar-refractivity contribution < 1.29 is 12.8 Å². The van der Waals surface area contributed by atoms with Gasteiger partial charge in [-0.15, -0.1) is 10.2 Å². The maximum absolute atomic E-state index is 14.0. The van der Waals surface area contributed by atoms with Crippen molar-refractivity contribution in [1.29, 1.82) is 0 Å². The number of aromatic amines is 1. The van der Waals surface area contributed by atoms with E-state index in [2.05, 4.69) is 30.4 Å². The molecule has 1 aliphatic rings. The Bertz CT molecular complexity index is 1180. The van der Waals surface area contributed by atoms with Crippen LogP contribution in [-0.4, -0.2) is 45.4 Å². The number of nitrogens with one attached hydrogen (secondary N) is 2. The first kappa shape index (κ1) is 18.4. The molecule has 0 atom stereocenters. The summed E-state index contributed by atoms with van der Waals surface area (Å²) in [6, 6.07) is 4.84. The van der Waals surface area contributed by atoms with Gasteiger partial charge >= 0.3 is 0 Å². The van der Waals surface area contributed by atoms with Crippen molar-refractivity contribution in [1.82, 2.24) is 35.1 Å². The van der Waals surface area contributed by atoms with Gasteiger partial charge in [-0.2, -0.15) is 10.3 Å². The summed E-state index contributed by atoms with van der Waals surface area (Å²) in [5.74, 6) is -0.724. The number of rotatable bonds is 6. The summed E-state index contributed by atoms with van der Waals surface area (Å²) in [5.41, 5.74) is 1.49. The van der Waals surface area contributed by atoms with E-state index in [9.17, 15) is 17.6 Å². The third-order valence-corrected chi connectivity index (χ3v) is 5.93. The highest BCUT2D eigenvalue weighted by atomic mass is 32.2. The second-order valence-electron chi connectivity index (χ2n) is 6.31. The minimum absolute atomic E-state index is 0.0387. The van der Waals surface area contributed by atoms with Crippen LogP contribution in [0.15, 0.2) is 34.0 Å². The molecule has 1 aromatic carbocycles. The van der Waals surface area contributed by atoms with Gasteiger partial charge in [0.25, 0.3) is 5.56 Å². The molecule has 0 spiro atoms. The number of hydrogen-bond acceptors (Lipinski definition) is 7. The standard InChI is InChI=1S/C16H16FN7O3S/c17-13-5-4-11(9-12(13)16-19-22-23-20-16)28(26,27)18-6-7-24-15(25)8-10-2-1-3-14(10)21-24/h4-5,8-9,18H,1-3,6-7H2,(H,19,20,22,23). The van der Waals surface area contributed by atoms with Gasteiger partial charge in [0.05, 0.1) is 22.7 Å². The summed E-state index contributed by atoms with van der Waals surface area (Å²) in [5, 5.41) is 17.1. The van der Waals surface area contributed by atoms with Crippen LogP contribution in [0.25, 0.3) is 11.4 Å². The van der Waals surface area contributed by atoms with Crippen LogP contribution in [-0.2, 0) is 29.4 Å². The zero-order valence-electron chi connectivity index (χ0n) is 14.6. The highest BCUT2D eigenvalue weighted by molar-refractivity contribution is 7.89. The summed E-state index contributed by atoms with van der Waals surface area (Å²) in [7, 11) is -3.93. The molecular formula is C16H16FN7O3S. The molecule has 0 bridgehead atoms. The maximum atomic E-state index is 14.0. The molecule has 4 rings (SSSR count). The molecule has 0 radical (unpaired) electrons. The summed E-state index contributed by atoms with van der Waals surface area (Å²) >= 11 is 0. The smallest absolute Gasteiger partial charge is 0.267 e. The van der Waals surface area contributed by atoms with Crippen molar-refractivity contribution in [2.75, 3.05) is 6.54 Å². The molecule has 10 nitrogen and oxygen atoms in total. The molecule has 0 saturated carbocycles. The number of benzene rings is 1. The van der Waals surface area contributed by atoms with Crippen LogP contribution < -0.4 is 10.3 Å². The molecule has 2 aromatic heterocycles. The van der Waals surface area contributed by atoms with Crippen molar-refractivity contribution in [2.24, 2.45) is 0 Å². The highest BCUT2D eigenvalue weighted by Crippen LogP contribution is 2.22. The highest BCUT2D eigenvalue weighted by Gasteiger charge is 2.19. The fourth-order valence-electron chi connectivity index (χ4n) is 3.09. The van der Waals surface area contributed by atoms with E-state index >= 15 is 0 Å². The second-order valence-corrected chi connectivity index (χ2v) is 8.07. The van der Waals surface area contributed by atoms with E-state index in [4.69, 9.17) is 0 Å². The summed E-state index contributed by atoms with van der Waals surface area (Å²) in [4.78, 5) is 11.9. The normalized spacial score (nSPS) is 13.6. The van der Waals surface area contributed by atoms with Crippen LogP contribution in [0.4, 0.5) is 4.39 Å². The molecule has 2 heterocycles. The quantitative estimate of drug-likeness (QED) is 0.590. The van der Waals surface area contributed by atoms with Crippen LogP contribution in [0.1, 0.15) is 17.7 Å². The SMILES string of the molecule is O=c1cc2c(nn1CCNS(=O)(=O)c1ccc(F)c(-c3nn[nH]n3)c1)CCC2. The Hall–Kier alpha value is -2.99. The number of fused-ring (bicyclic) bond motifs is 1. The van der Waals surface area contributed by atoms with Crippen molar-refractivity contribution in [3.05, 3.63) is 51.7 Å². The lowest BCUT2D eigenvalue weighted by Crippen LogP contribution is -2.32. The lowest BCUT2D eigenvalue weighted by Gasteiger charge is -2.10. The molecule has 0 fully saturated rings. The summed E-state index contributed by atoms with van der Waals surface area (Å²) in [6.07, 6.45) is 2.62. The van der Waals surface area contributed by atoms with Crippen molar-refractivity contribution in [2.45, 2.75) is 30.7 Å². The third-order valence-electron chi connectivity index (χ3n) is 4.47. The molecule has 1 aliphatic carbocycles. The van der Waals surface area contributed by atoms with Crippen molar-refractivity contribution >= 4 is 10.0 Å². The summed E-state index contributed by atoms with van der Waals surface area (Å²) in [6.45, 7) is 0.0488. The van der Waals surface area contributed by atoms with Crippen LogP contribution >= 0.6 is 0 Å². The predicted octanol–water partition coefficient (Wildman–Crippen LogP) is 0.0297. The van der Waals surface area contributed by atoms with Gasteiger partial charge in [-0.05, 0) is 48.2 Å². The fraction of sp³-hybridized carbons (Fsp3) is 0.312. The second kappa shape index (κ2) is 7.20. The maximum Gasteiger partial charge on any atom is 0.267 e. The molecule has 2 N–H and O–H groups in total. The van der Waals surface area contributed by atoms with E-state index in [1.807, 2.05) is 0 Å². The number of sulfonamides is 1. The van der Waals surface area contributed by atoms with Crippen LogP contribution in [0.3, 0.4) is 0 Å². The minimum atomic E-state index is -3.93. The first-order valence-electron chi connectivity index (χ1n) is 8.57. The number of aryl methyl sites for hydroxylation is 2. The average molecular weight is 405 g/mol. The number of tetrazole rings is 1. The van der Waals surface area contributed by atoms with E-state index in [-0.39, 0.29) is 34.9 Å². The predicted molar refractivity (Wildman–Crippen MR) is 95.3 cm³/mol. The van der Waals surface area contributed by atoms with Crippen LogP contribution in [0.2, 0.25) is 0 Å². The molecule has 0 saturated heterocycles. The molecule has 0 aliphatic heterocycles. The number of halogens is 1. The van der Waals surface area contributed by atoms with E-state index in [0.717, 1.165) is 48.7 Å². The summed E-state index contributed by atoms with van der Waals surface area (Å²) < 4.78 is 42.7. The largest absolute Gasteiger partial charge is 0.268 e. The Kier molecular flexibility index (Phi) is 4.73. The Morgan fingerprint density at radius 3 is 2.89 bits per heavy atom. The van der Waals surface area contributed by atoms with Gasteiger partial charge in [0.15, 0.2) is 0 Å². The first-order valence-corrected chi connectivity index (χ1v) is 10.1. The topological polar surface area (TPSA) is 136 Å². The number of nitrogens with zero attached hydrogens (tertiary/aromatic N) is 5. The lowest BCUT2D eigenvalue weighted by atomic mass is 10.2. The number of hydrogen-bond donors (Lipinski definition) is 2.